The van der Waals surface area contributed by atoms with Gasteiger partial charge in [-0.2, -0.15) is 0 Å². The van der Waals surface area contributed by atoms with Crippen molar-refractivity contribution in [3.63, 3.8) is 0 Å². The van der Waals surface area contributed by atoms with E-state index in [2.05, 4.69) is 32.6 Å². The zero-order chi connectivity index (χ0) is 14.7. The average molecular weight is 274 g/mol. The Labute approximate surface area is 126 Å². The van der Waals surface area contributed by atoms with E-state index in [-0.39, 0.29) is 0 Å². The van der Waals surface area contributed by atoms with Crippen LogP contribution in [-0.4, -0.2) is 36.7 Å². The van der Waals surface area contributed by atoms with Gasteiger partial charge < -0.3 is 4.90 Å². The van der Waals surface area contributed by atoms with Crippen molar-refractivity contribution in [2.24, 2.45) is 10.9 Å². The summed E-state index contributed by atoms with van der Waals surface area (Å²) in [4.78, 5) is 7.72. The number of fused-ring (bicyclic) bond motifs is 1. The average Bonchev–Trinajstić information content (AvgIpc) is 2.75. The maximum absolute atomic E-state index is 6.23. The lowest BCUT2D eigenvalue weighted by Crippen LogP contribution is -2.45. The van der Waals surface area contributed by atoms with E-state index >= 15 is 0 Å². The molecule has 1 fully saturated rings. The second-order valence-corrected chi connectivity index (χ2v) is 7.25. The van der Waals surface area contributed by atoms with Crippen LogP contribution >= 0.6 is 0 Å². The first-order valence-electron chi connectivity index (χ1n) is 8.62. The summed E-state index contributed by atoms with van der Waals surface area (Å²) in [6.45, 7) is 9.17. The van der Waals surface area contributed by atoms with E-state index in [0.29, 0.717) is 29.9 Å². The van der Waals surface area contributed by atoms with Gasteiger partial charge in [-0.05, 0) is 26.7 Å². The minimum absolute atomic E-state index is 0.388. The van der Waals surface area contributed by atoms with Crippen molar-refractivity contribution in [2.75, 3.05) is 0 Å². The molecule has 1 heterocycles. The Bertz CT molecular complexity index is 338. The second kappa shape index (κ2) is 7.00. The van der Waals surface area contributed by atoms with Gasteiger partial charge in [-0.1, -0.05) is 51.8 Å². The fraction of sp³-hybridized carbons (Fsp3) is 0.941. The zero-order valence-corrected chi connectivity index (χ0v) is 13.8. The molecule has 0 aromatic rings. The topological polar surface area (TPSA) is 15.6 Å². The Morgan fingerprint density at radius 3 is 2.35 bits per heavy atom. The molecular formula is C17H31BN2. The van der Waals surface area contributed by atoms with Crippen molar-refractivity contribution < 1.29 is 0 Å². The van der Waals surface area contributed by atoms with Crippen LogP contribution in [0.1, 0.15) is 72.6 Å². The van der Waals surface area contributed by atoms with Crippen LogP contribution in [0.15, 0.2) is 4.99 Å². The molecule has 1 aliphatic carbocycles. The minimum Gasteiger partial charge on any atom is -0.353 e. The predicted octanol–water partition coefficient (Wildman–Crippen LogP) is 4.20. The molecule has 20 heavy (non-hydrogen) atoms. The van der Waals surface area contributed by atoms with Gasteiger partial charge in [0.25, 0.3) is 0 Å². The standard InChI is InChI=1S/C17H31BN2/c1-12(2)17-19-15-11-10-14(18)8-6-5-7-9-16(15)20(17)13(3)4/h12-16H,5-11H2,1-4H3. The number of aliphatic imine (C=N–C) groups is 1. The van der Waals surface area contributed by atoms with Crippen LogP contribution < -0.4 is 0 Å². The summed E-state index contributed by atoms with van der Waals surface area (Å²) >= 11 is 0. The van der Waals surface area contributed by atoms with Gasteiger partial charge in [0.15, 0.2) is 0 Å². The maximum atomic E-state index is 6.23. The predicted molar refractivity (Wildman–Crippen MR) is 88.6 cm³/mol. The van der Waals surface area contributed by atoms with E-state index in [1.54, 1.807) is 0 Å². The number of nitrogens with zero attached hydrogens (tertiary/aromatic N) is 2. The largest absolute Gasteiger partial charge is 0.353 e. The molecule has 0 amide bonds. The van der Waals surface area contributed by atoms with Gasteiger partial charge in [0.05, 0.1) is 19.9 Å². The summed E-state index contributed by atoms with van der Waals surface area (Å²) in [7, 11) is 6.23. The highest BCUT2D eigenvalue weighted by atomic mass is 15.3. The molecule has 3 heteroatoms. The summed E-state index contributed by atoms with van der Waals surface area (Å²) in [6.07, 6.45) is 8.78. The lowest BCUT2D eigenvalue weighted by molar-refractivity contribution is 0.225. The smallest absolute Gasteiger partial charge is 0.102 e. The van der Waals surface area contributed by atoms with Crippen molar-refractivity contribution in [1.29, 1.82) is 0 Å². The van der Waals surface area contributed by atoms with Gasteiger partial charge in [0.1, 0.15) is 5.84 Å². The highest BCUT2D eigenvalue weighted by Gasteiger charge is 2.37. The summed E-state index contributed by atoms with van der Waals surface area (Å²) in [5.74, 6) is 2.26. The van der Waals surface area contributed by atoms with E-state index in [0.717, 1.165) is 6.42 Å². The van der Waals surface area contributed by atoms with Crippen LogP contribution in [0.5, 0.6) is 0 Å². The first-order valence-corrected chi connectivity index (χ1v) is 8.62. The summed E-state index contributed by atoms with van der Waals surface area (Å²) in [5.41, 5.74) is 0. The molecule has 2 rings (SSSR count). The maximum Gasteiger partial charge on any atom is 0.102 e. The normalized spacial score (nSPS) is 32.4. The van der Waals surface area contributed by atoms with Crippen molar-refractivity contribution in [1.82, 2.24) is 4.90 Å². The number of rotatable bonds is 2. The number of amidine groups is 1. The van der Waals surface area contributed by atoms with Gasteiger partial charge in [0, 0.05) is 12.0 Å². The van der Waals surface area contributed by atoms with Gasteiger partial charge in [-0.3, -0.25) is 4.99 Å². The van der Waals surface area contributed by atoms with Crippen LogP contribution in [-0.2, 0) is 0 Å². The van der Waals surface area contributed by atoms with Crippen molar-refractivity contribution in [2.45, 2.75) is 96.6 Å². The third kappa shape index (κ3) is 3.59. The third-order valence-corrected chi connectivity index (χ3v) is 4.84. The number of hydrogen-bond acceptors (Lipinski definition) is 2. The van der Waals surface area contributed by atoms with Crippen molar-refractivity contribution >= 4 is 13.7 Å². The molecule has 0 bridgehead atoms. The molecule has 2 aliphatic rings. The zero-order valence-electron chi connectivity index (χ0n) is 13.8. The molecule has 0 aromatic heterocycles. The summed E-state index contributed by atoms with van der Waals surface area (Å²) in [5, 5.41) is 0. The molecule has 0 spiro atoms. The SMILES string of the molecule is [B]C1CCCCCC2C(CC1)N=C(C(C)C)N2C(C)C. The van der Waals surface area contributed by atoms with Crippen LogP contribution in [0.25, 0.3) is 0 Å². The van der Waals surface area contributed by atoms with Crippen LogP contribution in [0.3, 0.4) is 0 Å². The first kappa shape index (κ1) is 15.9. The van der Waals surface area contributed by atoms with Crippen LogP contribution in [0.2, 0.25) is 5.82 Å². The van der Waals surface area contributed by atoms with E-state index < -0.39 is 0 Å². The monoisotopic (exact) mass is 274 g/mol. The van der Waals surface area contributed by atoms with Crippen LogP contribution in [0.4, 0.5) is 0 Å². The molecule has 0 saturated heterocycles. The Morgan fingerprint density at radius 2 is 1.70 bits per heavy atom. The Kier molecular flexibility index (Phi) is 5.57. The molecule has 2 radical (unpaired) electrons. The molecule has 3 atom stereocenters. The highest BCUT2D eigenvalue weighted by Crippen LogP contribution is 2.33. The Hall–Kier alpha value is -0.465. The minimum atomic E-state index is 0.388. The van der Waals surface area contributed by atoms with Gasteiger partial charge in [0.2, 0.25) is 0 Å². The van der Waals surface area contributed by atoms with Gasteiger partial charge in [-0.15, -0.1) is 0 Å². The van der Waals surface area contributed by atoms with E-state index in [4.69, 9.17) is 12.8 Å². The summed E-state index contributed by atoms with van der Waals surface area (Å²) < 4.78 is 0. The quantitative estimate of drug-likeness (QED) is 0.689. The van der Waals surface area contributed by atoms with Gasteiger partial charge >= 0.3 is 0 Å². The molecule has 0 N–H and O–H groups in total. The number of hydrogen-bond donors (Lipinski definition) is 0. The lowest BCUT2D eigenvalue weighted by atomic mass is 9.77. The highest BCUT2D eigenvalue weighted by molar-refractivity contribution is 6.11. The molecule has 1 saturated carbocycles. The van der Waals surface area contributed by atoms with Crippen molar-refractivity contribution in [3.05, 3.63) is 0 Å². The Morgan fingerprint density at radius 1 is 1.00 bits per heavy atom. The molecule has 1 aliphatic heterocycles. The fourth-order valence-corrected chi connectivity index (χ4v) is 3.83. The molecular weight excluding hydrogens is 243 g/mol. The molecule has 112 valence electrons. The van der Waals surface area contributed by atoms with Crippen molar-refractivity contribution in [3.8, 4) is 0 Å². The lowest BCUT2D eigenvalue weighted by Gasteiger charge is -2.36. The Balaban J connectivity index is 2.16. The van der Waals surface area contributed by atoms with E-state index in [9.17, 15) is 0 Å². The first-order chi connectivity index (χ1) is 9.50. The molecule has 3 unspecified atom stereocenters. The molecule has 2 nitrogen and oxygen atoms in total. The second-order valence-electron chi connectivity index (χ2n) is 7.25. The van der Waals surface area contributed by atoms with E-state index in [1.165, 1.54) is 44.4 Å². The van der Waals surface area contributed by atoms with Crippen LogP contribution in [0, 0.1) is 5.92 Å². The third-order valence-electron chi connectivity index (χ3n) is 4.84. The summed E-state index contributed by atoms with van der Waals surface area (Å²) in [6, 6.07) is 1.67. The van der Waals surface area contributed by atoms with Gasteiger partial charge in [-0.25, -0.2) is 0 Å². The van der Waals surface area contributed by atoms with E-state index in [1.807, 2.05) is 0 Å². The fourth-order valence-electron chi connectivity index (χ4n) is 3.83. The molecule has 0 aromatic carbocycles.